The Morgan fingerprint density at radius 1 is 1.33 bits per heavy atom. The molecule has 0 aliphatic rings. The second-order valence-electron chi connectivity index (χ2n) is 2.23. The van der Waals surface area contributed by atoms with Crippen LogP contribution < -0.4 is 0 Å². The van der Waals surface area contributed by atoms with Crippen molar-refractivity contribution in [2.45, 2.75) is 0 Å². The molecule has 2 aromatic rings. The minimum Gasteiger partial charge on any atom is -0.478 e. The first-order valence-electron chi connectivity index (χ1n) is 3.10. The van der Waals surface area contributed by atoms with Gasteiger partial charge in [0.05, 0.1) is 5.02 Å². The van der Waals surface area contributed by atoms with Crippen LogP contribution in [0, 0.1) is 0 Å². The van der Waals surface area contributed by atoms with Gasteiger partial charge < -0.3 is 5.11 Å². The molecule has 62 valence electrons. The minimum absolute atomic E-state index is 0.0562. The van der Waals surface area contributed by atoms with Crippen molar-refractivity contribution >= 4 is 28.7 Å². The summed E-state index contributed by atoms with van der Waals surface area (Å²) in [5, 5.41) is 8.98. The molecule has 5 heteroatoms. The number of carbonyl (C=O) groups is 1. The summed E-state index contributed by atoms with van der Waals surface area (Å²) in [6.07, 6.45) is 0. The van der Waals surface area contributed by atoms with E-state index in [2.05, 4.69) is 9.15 Å². The summed E-state index contributed by atoms with van der Waals surface area (Å²) < 4.78 is 8.99. The molecule has 0 spiro atoms. The van der Waals surface area contributed by atoms with Crippen molar-refractivity contribution in [2.24, 2.45) is 0 Å². The lowest BCUT2D eigenvalue weighted by atomic mass is 10.2. The van der Waals surface area contributed by atoms with Crippen LogP contribution in [-0.4, -0.2) is 11.1 Å². The Morgan fingerprint density at radius 3 is 2.50 bits per heavy atom. The van der Waals surface area contributed by atoms with Gasteiger partial charge in [-0.05, 0) is 12.1 Å². The topological polar surface area (TPSA) is 63.6 Å². The standard InChI is InChI=1S/C7H3ClO4/c8-4-2-1-3(7(9)10)5-6(4)12-11-5/h1-2H,(H,9,10). The zero-order valence-electron chi connectivity index (χ0n) is 5.70. The Bertz CT molecular complexity index is 439. The van der Waals surface area contributed by atoms with E-state index in [1.807, 2.05) is 0 Å². The van der Waals surface area contributed by atoms with E-state index < -0.39 is 5.97 Å². The van der Waals surface area contributed by atoms with Crippen LogP contribution in [0.4, 0.5) is 0 Å². The van der Waals surface area contributed by atoms with E-state index in [1.165, 1.54) is 12.1 Å². The largest absolute Gasteiger partial charge is 0.478 e. The molecule has 4 nitrogen and oxygen atoms in total. The number of halogens is 1. The van der Waals surface area contributed by atoms with Crippen LogP contribution in [0.15, 0.2) is 21.3 Å². The third-order valence-electron chi connectivity index (χ3n) is 1.50. The van der Waals surface area contributed by atoms with E-state index in [0.717, 1.165) is 0 Å². The fourth-order valence-corrected chi connectivity index (χ4v) is 1.10. The van der Waals surface area contributed by atoms with Crippen LogP contribution in [0.3, 0.4) is 0 Å². The molecule has 0 amide bonds. The molecule has 1 heterocycles. The van der Waals surface area contributed by atoms with E-state index >= 15 is 0 Å². The molecule has 1 aromatic carbocycles. The fraction of sp³-hybridized carbons (Fsp3) is 0. The predicted molar refractivity (Wildman–Crippen MR) is 40.4 cm³/mol. The maximum Gasteiger partial charge on any atom is 0.339 e. The highest BCUT2D eigenvalue weighted by molar-refractivity contribution is 6.35. The summed E-state index contributed by atoms with van der Waals surface area (Å²) in [6.45, 7) is 0. The van der Waals surface area contributed by atoms with E-state index in [9.17, 15) is 4.79 Å². The third kappa shape index (κ3) is 0.816. The van der Waals surface area contributed by atoms with Gasteiger partial charge in [-0.15, -0.1) is 0 Å². The molecule has 0 aliphatic heterocycles. The summed E-state index contributed by atoms with van der Waals surface area (Å²) in [4.78, 5) is 10.5. The SMILES string of the molecule is O=C(O)c1ccc(Cl)c2ooc12. The van der Waals surface area contributed by atoms with Crippen molar-refractivity contribution in [3.05, 3.63) is 22.7 Å². The quantitative estimate of drug-likeness (QED) is 0.695. The van der Waals surface area contributed by atoms with Gasteiger partial charge in [0.1, 0.15) is 5.56 Å². The van der Waals surface area contributed by atoms with Crippen molar-refractivity contribution in [3.8, 4) is 0 Å². The molecule has 0 bridgehead atoms. The molecule has 0 atom stereocenters. The first-order chi connectivity index (χ1) is 5.70. The molecule has 0 saturated heterocycles. The van der Waals surface area contributed by atoms with Crippen molar-refractivity contribution in [1.29, 1.82) is 0 Å². The number of hydrogen-bond acceptors (Lipinski definition) is 3. The summed E-state index contributed by atoms with van der Waals surface area (Å²) in [6, 6.07) is 2.82. The Kier molecular flexibility index (Phi) is 1.38. The Balaban J connectivity index is 2.74. The lowest BCUT2D eigenvalue weighted by Crippen LogP contribution is -1.98. The Morgan fingerprint density at radius 2 is 2.00 bits per heavy atom. The molecule has 1 aromatic heterocycles. The summed E-state index contributed by atoms with van der Waals surface area (Å²) in [5.74, 6) is -1.06. The number of carboxylic acids is 1. The molecule has 0 unspecified atom stereocenters. The van der Waals surface area contributed by atoms with Gasteiger partial charge in [-0.2, -0.15) is 0 Å². The number of carboxylic acid groups (broad SMARTS) is 1. The summed E-state index contributed by atoms with van der Waals surface area (Å²) in [7, 11) is 0. The van der Waals surface area contributed by atoms with E-state index in [-0.39, 0.29) is 16.7 Å². The average Bonchev–Trinajstić information content (AvgIpc) is 1.92. The molecular weight excluding hydrogens is 184 g/mol. The summed E-state index contributed by atoms with van der Waals surface area (Å²) in [5.41, 5.74) is 0.534. The molecule has 0 aliphatic carbocycles. The second kappa shape index (κ2) is 2.28. The number of aromatic carboxylic acids is 1. The van der Waals surface area contributed by atoms with E-state index in [0.29, 0.717) is 5.02 Å². The highest BCUT2D eigenvalue weighted by Gasteiger charge is 2.18. The fourth-order valence-electron chi connectivity index (χ4n) is 0.917. The van der Waals surface area contributed by atoms with Crippen LogP contribution in [0.2, 0.25) is 5.02 Å². The lowest BCUT2D eigenvalue weighted by Gasteiger charge is -2.02. The lowest BCUT2D eigenvalue weighted by molar-refractivity contribution is 0.0540. The van der Waals surface area contributed by atoms with Crippen LogP contribution in [0.5, 0.6) is 0 Å². The number of rotatable bonds is 1. The van der Waals surface area contributed by atoms with Crippen LogP contribution in [-0.2, 0) is 0 Å². The molecule has 0 fully saturated rings. The number of fused-ring (bicyclic) bond motifs is 1. The molecule has 0 saturated carbocycles. The smallest absolute Gasteiger partial charge is 0.339 e. The first-order valence-corrected chi connectivity index (χ1v) is 3.48. The maximum atomic E-state index is 10.5. The number of benzene rings is 1. The van der Waals surface area contributed by atoms with E-state index in [4.69, 9.17) is 16.7 Å². The van der Waals surface area contributed by atoms with E-state index in [1.54, 1.807) is 0 Å². The van der Waals surface area contributed by atoms with Crippen LogP contribution >= 0.6 is 11.6 Å². The van der Waals surface area contributed by atoms with Gasteiger partial charge in [0.15, 0.2) is 0 Å². The predicted octanol–water partition coefficient (Wildman–Crippen LogP) is 2.38. The minimum atomic E-state index is -1.06. The normalized spacial score (nSPS) is 10.8. The van der Waals surface area contributed by atoms with Gasteiger partial charge in [-0.1, -0.05) is 11.6 Å². The molecule has 1 N–H and O–H groups in total. The van der Waals surface area contributed by atoms with Gasteiger partial charge in [0.2, 0.25) is 11.2 Å². The zero-order chi connectivity index (χ0) is 8.72. The highest BCUT2D eigenvalue weighted by Crippen LogP contribution is 2.29. The van der Waals surface area contributed by atoms with Crippen molar-refractivity contribution in [3.63, 3.8) is 0 Å². The van der Waals surface area contributed by atoms with Gasteiger partial charge in [0.25, 0.3) is 0 Å². The Hall–Kier alpha value is -1.42. The van der Waals surface area contributed by atoms with Gasteiger partial charge >= 0.3 is 5.97 Å². The van der Waals surface area contributed by atoms with Gasteiger partial charge in [0, 0.05) is 0 Å². The van der Waals surface area contributed by atoms with Crippen molar-refractivity contribution in [1.82, 2.24) is 0 Å². The van der Waals surface area contributed by atoms with Crippen molar-refractivity contribution in [2.75, 3.05) is 0 Å². The average molecular weight is 187 g/mol. The van der Waals surface area contributed by atoms with Gasteiger partial charge in [-0.25, -0.2) is 4.79 Å². The highest BCUT2D eigenvalue weighted by atomic mass is 35.5. The molecule has 12 heavy (non-hydrogen) atoms. The second-order valence-corrected chi connectivity index (χ2v) is 2.63. The van der Waals surface area contributed by atoms with Gasteiger partial charge in [-0.3, -0.25) is 9.15 Å². The Labute approximate surface area is 71.3 Å². The first kappa shape index (κ1) is 7.24. The monoisotopic (exact) mass is 186 g/mol. The van der Waals surface area contributed by atoms with Crippen molar-refractivity contribution < 1.29 is 19.1 Å². The molecular formula is C7H3ClO4. The number of hydrogen-bond donors (Lipinski definition) is 1. The maximum absolute atomic E-state index is 10.5. The van der Waals surface area contributed by atoms with Crippen LogP contribution in [0.1, 0.15) is 10.4 Å². The van der Waals surface area contributed by atoms with Crippen LogP contribution in [0.25, 0.3) is 11.2 Å². The molecule has 0 radical (unpaired) electrons. The zero-order valence-corrected chi connectivity index (χ0v) is 6.46. The molecule has 2 rings (SSSR count). The third-order valence-corrected chi connectivity index (χ3v) is 1.80. The summed E-state index contributed by atoms with van der Waals surface area (Å²) >= 11 is 5.64.